The number of benzene rings is 2. The van der Waals surface area contributed by atoms with Crippen LogP contribution in [0.5, 0.6) is 0 Å². The van der Waals surface area contributed by atoms with Crippen molar-refractivity contribution >= 4 is 5.91 Å². The number of rotatable bonds is 2. The Bertz CT molecular complexity index is 679. The van der Waals surface area contributed by atoms with E-state index in [4.69, 9.17) is 0 Å². The molecule has 2 unspecified atom stereocenters. The van der Waals surface area contributed by atoms with Crippen molar-refractivity contribution in [3.63, 3.8) is 0 Å². The summed E-state index contributed by atoms with van der Waals surface area (Å²) in [6.45, 7) is 0. The fourth-order valence-electron chi connectivity index (χ4n) is 4.15. The van der Waals surface area contributed by atoms with Crippen molar-refractivity contribution in [1.29, 1.82) is 0 Å². The monoisotopic (exact) mass is 277 g/mol. The van der Waals surface area contributed by atoms with Crippen molar-refractivity contribution in [1.82, 2.24) is 5.32 Å². The molecule has 1 N–H and O–H groups in total. The summed E-state index contributed by atoms with van der Waals surface area (Å²) in [4.78, 5) is 12.1. The van der Waals surface area contributed by atoms with Crippen molar-refractivity contribution in [2.75, 3.05) is 0 Å². The second-order valence-corrected chi connectivity index (χ2v) is 6.30. The van der Waals surface area contributed by atoms with E-state index in [0.29, 0.717) is 6.42 Å². The zero-order valence-corrected chi connectivity index (χ0v) is 12.0. The minimum atomic E-state index is 0.00349. The number of aryl methyl sites for hydroxylation is 1. The van der Waals surface area contributed by atoms with Crippen molar-refractivity contribution in [2.24, 2.45) is 0 Å². The summed E-state index contributed by atoms with van der Waals surface area (Å²) in [6.07, 6.45) is 3.74. The standard InChI is InChI=1S/C19H19NO/c21-18-13-19(11-10-15-8-4-5-9-16(15)19)17(20-18)12-14-6-2-1-3-7-14/h1-9,17H,10-13H2,(H,20,21). The Kier molecular flexibility index (Phi) is 2.85. The number of hydrogen-bond donors (Lipinski definition) is 1. The molecule has 1 spiro atoms. The molecule has 2 nitrogen and oxygen atoms in total. The molecule has 2 atom stereocenters. The van der Waals surface area contributed by atoms with Crippen LogP contribution in [0.2, 0.25) is 0 Å². The van der Waals surface area contributed by atoms with Gasteiger partial charge in [-0.15, -0.1) is 0 Å². The lowest BCUT2D eigenvalue weighted by atomic mass is 9.73. The zero-order valence-electron chi connectivity index (χ0n) is 12.0. The van der Waals surface area contributed by atoms with Crippen LogP contribution in [0.3, 0.4) is 0 Å². The molecular formula is C19H19NO. The Balaban J connectivity index is 1.72. The van der Waals surface area contributed by atoms with Gasteiger partial charge in [-0.25, -0.2) is 0 Å². The van der Waals surface area contributed by atoms with Crippen LogP contribution in [-0.2, 0) is 23.1 Å². The first kappa shape index (κ1) is 12.6. The molecule has 1 fully saturated rings. The predicted molar refractivity (Wildman–Crippen MR) is 83.1 cm³/mol. The van der Waals surface area contributed by atoms with E-state index in [2.05, 4.69) is 53.8 Å². The third-order valence-electron chi connectivity index (χ3n) is 5.16. The number of nitrogens with one attached hydrogen (secondary N) is 1. The van der Waals surface area contributed by atoms with Gasteiger partial charge in [-0.3, -0.25) is 4.79 Å². The molecule has 0 aromatic heterocycles. The summed E-state index contributed by atoms with van der Waals surface area (Å²) >= 11 is 0. The van der Waals surface area contributed by atoms with Crippen LogP contribution >= 0.6 is 0 Å². The first-order valence-electron chi connectivity index (χ1n) is 7.70. The lowest BCUT2D eigenvalue weighted by Crippen LogP contribution is -2.40. The fraction of sp³-hybridized carbons (Fsp3) is 0.316. The minimum absolute atomic E-state index is 0.00349. The zero-order chi connectivity index (χ0) is 14.3. The molecule has 2 aromatic carbocycles. The van der Waals surface area contributed by atoms with Gasteiger partial charge < -0.3 is 5.32 Å². The number of carbonyl (C=O) groups is 1. The average Bonchev–Trinajstić information content (AvgIpc) is 3.03. The van der Waals surface area contributed by atoms with Gasteiger partial charge in [0, 0.05) is 17.9 Å². The highest BCUT2D eigenvalue weighted by atomic mass is 16.2. The predicted octanol–water partition coefficient (Wildman–Crippen LogP) is 3.00. The lowest BCUT2D eigenvalue weighted by Gasteiger charge is -2.31. The number of hydrogen-bond acceptors (Lipinski definition) is 1. The summed E-state index contributed by atoms with van der Waals surface area (Å²) in [5.74, 6) is 0.202. The van der Waals surface area contributed by atoms with Crippen LogP contribution in [0.1, 0.15) is 29.5 Å². The van der Waals surface area contributed by atoms with E-state index in [-0.39, 0.29) is 17.4 Å². The summed E-state index contributed by atoms with van der Waals surface area (Å²) in [6, 6.07) is 19.4. The van der Waals surface area contributed by atoms with Gasteiger partial charge in [0.25, 0.3) is 0 Å². The molecule has 0 radical (unpaired) electrons. The summed E-state index contributed by atoms with van der Waals surface area (Å²) in [5.41, 5.74) is 4.12. The largest absolute Gasteiger partial charge is 0.352 e. The Labute approximate surface area is 125 Å². The molecule has 2 heteroatoms. The third-order valence-corrected chi connectivity index (χ3v) is 5.16. The van der Waals surface area contributed by atoms with E-state index in [1.54, 1.807) is 0 Å². The van der Waals surface area contributed by atoms with Crippen molar-refractivity contribution < 1.29 is 4.79 Å². The van der Waals surface area contributed by atoms with Gasteiger partial charge in [0.2, 0.25) is 5.91 Å². The normalized spacial score (nSPS) is 26.9. The molecule has 1 saturated heterocycles. The average molecular weight is 277 g/mol. The molecule has 0 bridgehead atoms. The molecule has 1 aliphatic heterocycles. The molecular weight excluding hydrogens is 258 g/mol. The molecule has 0 saturated carbocycles. The van der Waals surface area contributed by atoms with E-state index in [0.717, 1.165) is 19.3 Å². The number of fused-ring (bicyclic) bond motifs is 2. The van der Waals surface area contributed by atoms with Gasteiger partial charge in [0.1, 0.15) is 0 Å². The van der Waals surface area contributed by atoms with Crippen molar-refractivity contribution in [3.8, 4) is 0 Å². The van der Waals surface area contributed by atoms with Crippen LogP contribution in [0.15, 0.2) is 54.6 Å². The highest BCUT2D eigenvalue weighted by Gasteiger charge is 2.50. The highest BCUT2D eigenvalue weighted by molar-refractivity contribution is 5.82. The van der Waals surface area contributed by atoms with Gasteiger partial charge in [-0.05, 0) is 36.0 Å². The molecule has 4 rings (SSSR count). The van der Waals surface area contributed by atoms with Gasteiger partial charge in [-0.2, -0.15) is 0 Å². The van der Waals surface area contributed by atoms with E-state index in [1.165, 1.54) is 16.7 Å². The topological polar surface area (TPSA) is 29.1 Å². The molecule has 2 aliphatic rings. The Hall–Kier alpha value is -2.09. The molecule has 1 heterocycles. The molecule has 21 heavy (non-hydrogen) atoms. The number of amides is 1. The minimum Gasteiger partial charge on any atom is -0.352 e. The quantitative estimate of drug-likeness (QED) is 0.898. The SMILES string of the molecule is O=C1CC2(CCc3ccccc32)C(Cc2ccccc2)N1. The molecule has 1 aliphatic carbocycles. The Morgan fingerprint density at radius 1 is 1.05 bits per heavy atom. The van der Waals surface area contributed by atoms with E-state index < -0.39 is 0 Å². The summed E-state index contributed by atoms with van der Waals surface area (Å²) in [7, 11) is 0. The van der Waals surface area contributed by atoms with Crippen LogP contribution in [0.4, 0.5) is 0 Å². The fourth-order valence-corrected chi connectivity index (χ4v) is 4.15. The highest BCUT2D eigenvalue weighted by Crippen LogP contribution is 2.47. The second kappa shape index (κ2) is 4.73. The third kappa shape index (κ3) is 1.98. The Morgan fingerprint density at radius 3 is 2.67 bits per heavy atom. The number of carbonyl (C=O) groups excluding carboxylic acids is 1. The van der Waals surface area contributed by atoms with Gasteiger partial charge in [-0.1, -0.05) is 54.6 Å². The van der Waals surface area contributed by atoms with E-state index >= 15 is 0 Å². The van der Waals surface area contributed by atoms with Gasteiger partial charge in [0.05, 0.1) is 0 Å². The van der Waals surface area contributed by atoms with Crippen LogP contribution in [0.25, 0.3) is 0 Å². The molecule has 106 valence electrons. The van der Waals surface area contributed by atoms with Crippen LogP contribution in [0, 0.1) is 0 Å². The van der Waals surface area contributed by atoms with Crippen LogP contribution in [-0.4, -0.2) is 11.9 Å². The Morgan fingerprint density at radius 2 is 1.81 bits per heavy atom. The van der Waals surface area contributed by atoms with E-state index in [9.17, 15) is 4.79 Å². The van der Waals surface area contributed by atoms with Gasteiger partial charge >= 0.3 is 0 Å². The molecule has 1 amide bonds. The smallest absolute Gasteiger partial charge is 0.221 e. The van der Waals surface area contributed by atoms with Crippen molar-refractivity contribution in [2.45, 2.75) is 37.1 Å². The van der Waals surface area contributed by atoms with Gasteiger partial charge in [0.15, 0.2) is 0 Å². The first-order chi connectivity index (χ1) is 10.3. The summed E-state index contributed by atoms with van der Waals surface area (Å²) in [5, 5.41) is 3.24. The molecule has 2 aromatic rings. The first-order valence-corrected chi connectivity index (χ1v) is 7.70. The van der Waals surface area contributed by atoms with E-state index in [1.807, 2.05) is 6.07 Å². The maximum atomic E-state index is 12.1. The maximum absolute atomic E-state index is 12.1. The lowest BCUT2D eigenvalue weighted by molar-refractivity contribution is -0.119. The second-order valence-electron chi connectivity index (χ2n) is 6.30. The van der Waals surface area contributed by atoms with Crippen LogP contribution < -0.4 is 5.32 Å². The van der Waals surface area contributed by atoms with Crippen molar-refractivity contribution in [3.05, 3.63) is 71.3 Å². The summed E-state index contributed by atoms with van der Waals surface area (Å²) < 4.78 is 0. The maximum Gasteiger partial charge on any atom is 0.221 e.